The van der Waals surface area contributed by atoms with Crippen LogP contribution in [0.3, 0.4) is 0 Å². The molecule has 6 heteroatoms. The van der Waals surface area contributed by atoms with Gasteiger partial charge in [-0.3, -0.25) is 9.89 Å². The van der Waals surface area contributed by atoms with Crippen molar-refractivity contribution in [3.63, 3.8) is 0 Å². The summed E-state index contributed by atoms with van der Waals surface area (Å²) in [5, 5.41) is 16.6. The molecule has 2 aromatic rings. The second kappa shape index (κ2) is 7.96. The van der Waals surface area contributed by atoms with Crippen LogP contribution in [0.25, 0.3) is 0 Å². The van der Waals surface area contributed by atoms with Crippen LogP contribution < -0.4 is 0 Å². The smallest absolute Gasteiger partial charge is 0.228 e. The summed E-state index contributed by atoms with van der Waals surface area (Å²) in [7, 11) is 0. The standard InChI is InChI=1S/C16H20ClN3O2/c1-12-8-15(19-18-12)10-16(22)20(6-3-7-21)11-13-4-2-5-14(17)9-13/h2,4-5,8-9,21H,3,6-7,10-11H2,1H3,(H,18,19). The Morgan fingerprint density at radius 3 is 2.86 bits per heavy atom. The van der Waals surface area contributed by atoms with Crippen molar-refractivity contribution in [2.75, 3.05) is 13.2 Å². The molecule has 0 saturated heterocycles. The van der Waals surface area contributed by atoms with Gasteiger partial charge < -0.3 is 10.0 Å². The lowest BCUT2D eigenvalue weighted by Crippen LogP contribution is -2.33. The average molecular weight is 322 g/mol. The highest BCUT2D eigenvalue weighted by atomic mass is 35.5. The number of rotatable bonds is 7. The van der Waals surface area contributed by atoms with E-state index < -0.39 is 0 Å². The Bertz CT molecular complexity index is 627. The van der Waals surface area contributed by atoms with E-state index in [1.54, 1.807) is 11.0 Å². The third kappa shape index (κ3) is 4.86. The number of aromatic amines is 1. The predicted octanol–water partition coefficient (Wildman–Crippen LogP) is 2.33. The number of carbonyl (C=O) groups is 1. The van der Waals surface area contributed by atoms with Crippen molar-refractivity contribution >= 4 is 17.5 Å². The van der Waals surface area contributed by atoms with Crippen LogP contribution in [0.1, 0.15) is 23.4 Å². The minimum atomic E-state index is -0.0140. The summed E-state index contributed by atoms with van der Waals surface area (Å²) in [4.78, 5) is 14.2. The third-order valence-electron chi connectivity index (χ3n) is 3.29. The maximum Gasteiger partial charge on any atom is 0.228 e. The average Bonchev–Trinajstić information content (AvgIpc) is 2.88. The Hall–Kier alpha value is -1.85. The molecule has 0 radical (unpaired) electrons. The van der Waals surface area contributed by atoms with E-state index in [0.717, 1.165) is 17.0 Å². The fourth-order valence-electron chi connectivity index (χ4n) is 2.24. The van der Waals surface area contributed by atoms with Crippen LogP contribution >= 0.6 is 11.6 Å². The van der Waals surface area contributed by atoms with Gasteiger partial charge in [-0.25, -0.2) is 0 Å². The Labute approximate surface area is 134 Å². The molecule has 0 unspecified atom stereocenters. The molecule has 1 aromatic heterocycles. The van der Waals surface area contributed by atoms with E-state index >= 15 is 0 Å². The molecule has 1 aromatic carbocycles. The number of halogens is 1. The van der Waals surface area contributed by atoms with Crippen molar-refractivity contribution in [3.05, 3.63) is 52.3 Å². The minimum absolute atomic E-state index is 0.0140. The number of carbonyl (C=O) groups excluding carboxylic acids is 1. The fraction of sp³-hybridized carbons (Fsp3) is 0.375. The highest BCUT2D eigenvalue weighted by Crippen LogP contribution is 2.14. The molecule has 0 atom stereocenters. The summed E-state index contributed by atoms with van der Waals surface area (Å²) in [6, 6.07) is 9.31. The van der Waals surface area contributed by atoms with Crippen molar-refractivity contribution in [1.82, 2.24) is 15.1 Å². The number of H-pyrrole nitrogens is 1. The van der Waals surface area contributed by atoms with E-state index in [1.165, 1.54) is 0 Å². The first-order valence-corrected chi connectivity index (χ1v) is 7.60. The number of hydrogen-bond acceptors (Lipinski definition) is 3. The van der Waals surface area contributed by atoms with Gasteiger partial charge in [-0.15, -0.1) is 0 Å². The minimum Gasteiger partial charge on any atom is -0.396 e. The molecule has 118 valence electrons. The van der Waals surface area contributed by atoms with Crippen LogP contribution in [0.4, 0.5) is 0 Å². The monoisotopic (exact) mass is 321 g/mol. The molecule has 0 aliphatic heterocycles. The Balaban J connectivity index is 2.05. The number of aromatic nitrogens is 2. The first-order valence-electron chi connectivity index (χ1n) is 7.22. The maximum absolute atomic E-state index is 12.5. The third-order valence-corrected chi connectivity index (χ3v) is 3.53. The number of aliphatic hydroxyl groups is 1. The number of aliphatic hydroxyl groups excluding tert-OH is 1. The zero-order chi connectivity index (χ0) is 15.9. The number of hydrogen-bond donors (Lipinski definition) is 2. The number of benzene rings is 1. The first kappa shape index (κ1) is 16.5. The lowest BCUT2D eigenvalue weighted by molar-refractivity contribution is -0.131. The van der Waals surface area contributed by atoms with E-state index in [2.05, 4.69) is 10.2 Å². The van der Waals surface area contributed by atoms with Crippen molar-refractivity contribution in [2.45, 2.75) is 26.3 Å². The summed E-state index contributed by atoms with van der Waals surface area (Å²) in [6.07, 6.45) is 0.794. The summed E-state index contributed by atoms with van der Waals surface area (Å²) < 4.78 is 0. The van der Waals surface area contributed by atoms with Gasteiger partial charge in [-0.1, -0.05) is 23.7 Å². The van der Waals surface area contributed by atoms with E-state index in [4.69, 9.17) is 16.7 Å². The zero-order valence-corrected chi connectivity index (χ0v) is 13.3. The SMILES string of the molecule is Cc1cc(CC(=O)N(CCCO)Cc2cccc(Cl)c2)n[nH]1. The van der Waals surface area contributed by atoms with Gasteiger partial charge in [0, 0.05) is 30.4 Å². The molecule has 0 aliphatic rings. The number of nitrogens with zero attached hydrogens (tertiary/aromatic N) is 2. The largest absolute Gasteiger partial charge is 0.396 e. The lowest BCUT2D eigenvalue weighted by Gasteiger charge is -2.22. The van der Waals surface area contributed by atoms with E-state index in [-0.39, 0.29) is 18.9 Å². The fourth-order valence-corrected chi connectivity index (χ4v) is 2.45. The van der Waals surface area contributed by atoms with Crippen LogP contribution in [0.15, 0.2) is 30.3 Å². The van der Waals surface area contributed by atoms with Gasteiger partial charge in [-0.05, 0) is 37.1 Å². The van der Waals surface area contributed by atoms with Crippen molar-refractivity contribution < 1.29 is 9.90 Å². The second-order valence-electron chi connectivity index (χ2n) is 5.24. The Morgan fingerprint density at radius 2 is 2.23 bits per heavy atom. The second-order valence-corrected chi connectivity index (χ2v) is 5.68. The first-order chi connectivity index (χ1) is 10.6. The predicted molar refractivity (Wildman–Crippen MR) is 85.6 cm³/mol. The highest BCUT2D eigenvalue weighted by molar-refractivity contribution is 6.30. The molecule has 22 heavy (non-hydrogen) atoms. The number of amides is 1. The van der Waals surface area contributed by atoms with Crippen molar-refractivity contribution in [1.29, 1.82) is 0 Å². The van der Waals surface area contributed by atoms with Gasteiger partial charge in [0.05, 0.1) is 12.1 Å². The molecule has 0 aliphatic carbocycles. The number of aryl methyl sites for hydroxylation is 1. The van der Waals surface area contributed by atoms with Gasteiger partial charge in [0.15, 0.2) is 0 Å². The molecular formula is C16H20ClN3O2. The summed E-state index contributed by atoms with van der Waals surface area (Å²) in [6.45, 7) is 2.94. The molecule has 2 rings (SSSR count). The van der Waals surface area contributed by atoms with Gasteiger partial charge in [0.1, 0.15) is 0 Å². The molecule has 0 bridgehead atoms. The molecule has 1 amide bonds. The topological polar surface area (TPSA) is 69.2 Å². The van der Waals surface area contributed by atoms with Gasteiger partial charge in [-0.2, -0.15) is 5.10 Å². The van der Waals surface area contributed by atoms with Gasteiger partial charge in [0.2, 0.25) is 5.91 Å². The van der Waals surface area contributed by atoms with Gasteiger partial charge in [0.25, 0.3) is 0 Å². The molecule has 2 N–H and O–H groups in total. The van der Waals surface area contributed by atoms with Crippen LogP contribution in [0, 0.1) is 6.92 Å². The van der Waals surface area contributed by atoms with E-state index in [1.807, 2.05) is 31.2 Å². The van der Waals surface area contributed by atoms with E-state index in [0.29, 0.717) is 24.5 Å². The van der Waals surface area contributed by atoms with Crippen LogP contribution in [0.2, 0.25) is 5.02 Å². The molecule has 0 spiro atoms. The van der Waals surface area contributed by atoms with Crippen molar-refractivity contribution in [3.8, 4) is 0 Å². The van der Waals surface area contributed by atoms with E-state index in [9.17, 15) is 4.79 Å². The summed E-state index contributed by atoms with van der Waals surface area (Å²) >= 11 is 5.99. The quantitative estimate of drug-likeness (QED) is 0.822. The van der Waals surface area contributed by atoms with Crippen LogP contribution in [-0.2, 0) is 17.8 Å². The van der Waals surface area contributed by atoms with Crippen LogP contribution in [-0.4, -0.2) is 39.3 Å². The lowest BCUT2D eigenvalue weighted by atomic mass is 10.2. The molecular weight excluding hydrogens is 302 g/mol. The molecule has 0 fully saturated rings. The maximum atomic E-state index is 12.5. The zero-order valence-electron chi connectivity index (χ0n) is 12.6. The highest BCUT2D eigenvalue weighted by Gasteiger charge is 2.15. The molecule has 5 nitrogen and oxygen atoms in total. The molecule has 0 saturated carbocycles. The molecule has 1 heterocycles. The van der Waals surface area contributed by atoms with Crippen LogP contribution in [0.5, 0.6) is 0 Å². The Kier molecular flexibility index (Phi) is 5.98. The van der Waals surface area contributed by atoms with Gasteiger partial charge >= 0.3 is 0 Å². The normalized spacial score (nSPS) is 10.7. The summed E-state index contributed by atoms with van der Waals surface area (Å²) in [5.41, 5.74) is 2.62. The summed E-state index contributed by atoms with van der Waals surface area (Å²) in [5.74, 6) is -0.0140. The van der Waals surface area contributed by atoms with Crippen molar-refractivity contribution in [2.24, 2.45) is 0 Å². The Morgan fingerprint density at radius 1 is 1.41 bits per heavy atom. The number of nitrogens with one attached hydrogen (secondary N) is 1.